The molecule has 0 saturated carbocycles. The molecule has 1 aliphatic rings. The van der Waals surface area contributed by atoms with Crippen LogP contribution in [0, 0.1) is 0 Å². The summed E-state index contributed by atoms with van der Waals surface area (Å²) in [6.07, 6.45) is -4.71. The van der Waals surface area contributed by atoms with E-state index in [-0.39, 0.29) is 12.1 Å². The molecule has 2 aromatic carbocycles. The third-order valence-corrected chi connectivity index (χ3v) is 3.45. The third-order valence-electron chi connectivity index (χ3n) is 3.45. The number of halogens is 3. The molecule has 0 bridgehead atoms. The van der Waals surface area contributed by atoms with Gasteiger partial charge in [-0.05, 0) is 24.3 Å². The predicted molar refractivity (Wildman–Crippen MR) is 88.1 cm³/mol. The average Bonchev–Trinajstić information content (AvgIpc) is 2.61. The minimum absolute atomic E-state index is 0.0956. The van der Waals surface area contributed by atoms with Crippen LogP contribution in [-0.2, 0) is 4.79 Å². The molecular weight excluding hydrogens is 369 g/mol. The van der Waals surface area contributed by atoms with Gasteiger partial charge in [0.05, 0.1) is 5.69 Å². The number of hydrogen-bond donors (Lipinski definition) is 1. The first-order valence-corrected chi connectivity index (χ1v) is 7.67. The first kappa shape index (κ1) is 18.4. The normalized spacial score (nSPS) is 12.9. The highest BCUT2D eigenvalue weighted by atomic mass is 19.4. The molecule has 0 saturated heterocycles. The molecule has 1 N–H and O–H groups in total. The Hall–Kier alpha value is -3.43. The van der Waals surface area contributed by atoms with Gasteiger partial charge in [0.25, 0.3) is 0 Å². The van der Waals surface area contributed by atoms with Crippen LogP contribution in [0.15, 0.2) is 42.5 Å². The van der Waals surface area contributed by atoms with Crippen LogP contribution in [0.25, 0.3) is 0 Å². The lowest BCUT2D eigenvalue weighted by Crippen LogP contribution is -2.33. The van der Waals surface area contributed by atoms with Gasteiger partial charge in [0, 0.05) is 17.8 Å². The number of carbonyl (C=O) groups excluding carboxylic acids is 2. The number of rotatable bonds is 4. The van der Waals surface area contributed by atoms with Crippen molar-refractivity contribution >= 4 is 23.8 Å². The Morgan fingerprint density at radius 1 is 1.11 bits per heavy atom. The smallest absolute Gasteiger partial charge is 0.486 e. The Morgan fingerprint density at radius 2 is 1.85 bits per heavy atom. The standard InChI is InChI=1S/C17H13F3N2O5/c18-17(19,20)27-13-3-1-2-12(9-13)22(10-23)16(24)21-11-4-5-14-15(8-11)26-7-6-25-14/h1-5,8-10H,6-7H2,(H,21,24). The Morgan fingerprint density at radius 3 is 2.56 bits per heavy atom. The molecule has 3 amide bonds. The zero-order chi connectivity index (χ0) is 19.4. The molecule has 0 unspecified atom stereocenters. The number of alkyl halides is 3. The van der Waals surface area contributed by atoms with Crippen LogP contribution in [0.2, 0.25) is 0 Å². The molecular formula is C17H13F3N2O5. The molecule has 0 spiro atoms. The van der Waals surface area contributed by atoms with Gasteiger partial charge in [-0.2, -0.15) is 0 Å². The minimum atomic E-state index is -4.89. The van der Waals surface area contributed by atoms with Crippen molar-refractivity contribution in [2.45, 2.75) is 6.36 Å². The van der Waals surface area contributed by atoms with Crippen LogP contribution in [0.1, 0.15) is 0 Å². The number of fused-ring (bicyclic) bond motifs is 1. The van der Waals surface area contributed by atoms with Gasteiger partial charge in [0.15, 0.2) is 11.5 Å². The number of hydrogen-bond acceptors (Lipinski definition) is 5. The molecule has 0 fully saturated rings. The minimum Gasteiger partial charge on any atom is -0.486 e. The van der Waals surface area contributed by atoms with Crippen LogP contribution in [0.4, 0.5) is 29.3 Å². The van der Waals surface area contributed by atoms with Crippen molar-refractivity contribution in [3.8, 4) is 17.2 Å². The number of benzene rings is 2. The summed E-state index contributed by atoms with van der Waals surface area (Å²) in [5.41, 5.74) is 0.223. The Kier molecular flexibility index (Phi) is 5.06. The van der Waals surface area contributed by atoms with Gasteiger partial charge in [0.1, 0.15) is 19.0 Å². The van der Waals surface area contributed by atoms with Crippen LogP contribution < -0.4 is 24.4 Å². The van der Waals surface area contributed by atoms with Gasteiger partial charge in [-0.25, -0.2) is 9.69 Å². The number of amides is 3. The van der Waals surface area contributed by atoms with Crippen molar-refractivity contribution in [1.29, 1.82) is 0 Å². The molecule has 0 aliphatic carbocycles. The van der Waals surface area contributed by atoms with Gasteiger partial charge < -0.3 is 19.5 Å². The Balaban J connectivity index is 1.76. The summed E-state index contributed by atoms with van der Waals surface area (Å²) < 4.78 is 51.6. The summed E-state index contributed by atoms with van der Waals surface area (Å²) in [4.78, 5) is 24.3. The molecule has 0 radical (unpaired) electrons. The molecule has 27 heavy (non-hydrogen) atoms. The maximum atomic E-state index is 12.4. The maximum absolute atomic E-state index is 12.4. The fourth-order valence-electron chi connectivity index (χ4n) is 2.36. The predicted octanol–water partition coefficient (Wildman–Crippen LogP) is 3.55. The average molecular weight is 382 g/mol. The monoisotopic (exact) mass is 382 g/mol. The summed E-state index contributed by atoms with van der Waals surface area (Å²) in [6.45, 7) is 0.769. The fourth-order valence-corrected chi connectivity index (χ4v) is 2.36. The summed E-state index contributed by atoms with van der Waals surface area (Å²) in [7, 11) is 0. The SMILES string of the molecule is O=CN(C(=O)Nc1ccc2c(c1)OCCO2)c1cccc(OC(F)(F)F)c1. The molecule has 1 aliphatic heterocycles. The second kappa shape index (κ2) is 7.44. The number of ether oxygens (including phenoxy) is 3. The van der Waals surface area contributed by atoms with Crippen LogP contribution >= 0.6 is 0 Å². The highest BCUT2D eigenvalue weighted by Gasteiger charge is 2.31. The van der Waals surface area contributed by atoms with Gasteiger partial charge in [0.2, 0.25) is 6.41 Å². The molecule has 3 rings (SSSR count). The molecule has 142 valence electrons. The number of anilines is 2. The lowest BCUT2D eigenvalue weighted by molar-refractivity contribution is -0.274. The van der Waals surface area contributed by atoms with Crippen molar-refractivity contribution < 1.29 is 37.0 Å². The number of nitrogens with one attached hydrogen (secondary N) is 1. The molecule has 10 heteroatoms. The van der Waals surface area contributed by atoms with Crippen molar-refractivity contribution in [2.24, 2.45) is 0 Å². The first-order chi connectivity index (χ1) is 12.9. The van der Waals surface area contributed by atoms with Crippen LogP contribution in [0.3, 0.4) is 0 Å². The van der Waals surface area contributed by atoms with Crippen molar-refractivity contribution in [1.82, 2.24) is 0 Å². The number of carbonyl (C=O) groups is 2. The van der Waals surface area contributed by atoms with E-state index < -0.39 is 18.1 Å². The van der Waals surface area contributed by atoms with Gasteiger partial charge >= 0.3 is 12.4 Å². The highest BCUT2D eigenvalue weighted by Crippen LogP contribution is 2.33. The number of nitrogens with zero attached hydrogens (tertiary/aromatic N) is 1. The van der Waals surface area contributed by atoms with E-state index in [1.165, 1.54) is 24.3 Å². The number of urea groups is 1. The second-order valence-electron chi connectivity index (χ2n) is 5.31. The van der Waals surface area contributed by atoms with Gasteiger partial charge in [-0.15, -0.1) is 13.2 Å². The van der Waals surface area contributed by atoms with E-state index >= 15 is 0 Å². The summed E-state index contributed by atoms with van der Waals surface area (Å²) in [5, 5.41) is 2.47. The van der Waals surface area contributed by atoms with Crippen LogP contribution in [-0.4, -0.2) is 32.0 Å². The number of imide groups is 1. The van der Waals surface area contributed by atoms with E-state index in [4.69, 9.17) is 9.47 Å². The maximum Gasteiger partial charge on any atom is 0.573 e. The topological polar surface area (TPSA) is 77.1 Å². The zero-order valence-electron chi connectivity index (χ0n) is 13.7. The quantitative estimate of drug-likeness (QED) is 0.819. The van der Waals surface area contributed by atoms with Gasteiger partial charge in [-0.1, -0.05) is 6.07 Å². The highest BCUT2D eigenvalue weighted by molar-refractivity contribution is 6.12. The van der Waals surface area contributed by atoms with E-state index in [1.807, 2.05) is 0 Å². The molecule has 7 nitrogen and oxygen atoms in total. The fraction of sp³-hybridized carbons (Fsp3) is 0.176. The lowest BCUT2D eigenvalue weighted by atomic mass is 10.2. The molecule has 0 aromatic heterocycles. The second-order valence-corrected chi connectivity index (χ2v) is 5.31. The van der Waals surface area contributed by atoms with Crippen molar-refractivity contribution in [3.63, 3.8) is 0 Å². The van der Waals surface area contributed by atoms with Crippen molar-refractivity contribution in [2.75, 3.05) is 23.4 Å². The third kappa shape index (κ3) is 4.60. The van der Waals surface area contributed by atoms with E-state index in [9.17, 15) is 22.8 Å². The van der Waals surface area contributed by atoms with E-state index in [0.717, 1.165) is 12.1 Å². The first-order valence-electron chi connectivity index (χ1n) is 7.67. The van der Waals surface area contributed by atoms with Crippen LogP contribution in [0.5, 0.6) is 17.2 Å². The van der Waals surface area contributed by atoms with E-state index in [2.05, 4.69) is 10.1 Å². The zero-order valence-corrected chi connectivity index (χ0v) is 13.7. The molecule has 0 atom stereocenters. The Bertz CT molecular complexity index is 857. The Labute approximate surface area is 151 Å². The summed E-state index contributed by atoms with van der Waals surface area (Å²) >= 11 is 0. The van der Waals surface area contributed by atoms with E-state index in [0.29, 0.717) is 35.3 Å². The molecule has 2 aromatic rings. The molecule has 1 heterocycles. The summed E-state index contributed by atoms with van der Waals surface area (Å²) in [5.74, 6) is 0.389. The summed E-state index contributed by atoms with van der Waals surface area (Å²) in [6, 6.07) is 8.27. The van der Waals surface area contributed by atoms with Crippen molar-refractivity contribution in [3.05, 3.63) is 42.5 Å². The van der Waals surface area contributed by atoms with E-state index in [1.54, 1.807) is 6.07 Å². The largest absolute Gasteiger partial charge is 0.573 e. The lowest BCUT2D eigenvalue weighted by Gasteiger charge is -2.20. The van der Waals surface area contributed by atoms with Gasteiger partial charge in [-0.3, -0.25) is 4.79 Å².